The Morgan fingerprint density at radius 2 is 1.83 bits per heavy atom. The van der Waals surface area contributed by atoms with Gasteiger partial charge in [-0.15, -0.1) is 10.2 Å². The van der Waals surface area contributed by atoms with Crippen LogP contribution in [0.15, 0.2) is 42.9 Å². The highest BCUT2D eigenvalue weighted by Gasteiger charge is 2.26. The first kappa shape index (κ1) is 19.0. The molecule has 30 heavy (non-hydrogen) atoms. The van der Waals surface area contributed by atoms with E-state index in [2.05, 4.69) is 20.2 Å². The van der Waals surface area contributed by atoms with Crippen LogP contribution in [0.1, 0.15) is 49.4 Å². The van der Waals surface area contributed by atoms with Crippen molar-refractivity contribution < 1.29 is 13.5 Å². The number of hydrogen-bond acceptors (Lipinski definition) is 5. The molecule has 0 N–H and O–H groups in total. The van der Waals surface area contributed by atoms with Crippen LogP contribution in [0.4, 0.5) is 8.78 Å². The van der Waals surface area contributed by atoms with Crippen LogP contribution < -0.4 is 0 Å². The first-order chi connectivity index (χ1) is 14.6. The van der Waals surface area contributed by atoms with Crippen molar-refractivity contribution in [1.29, 1.82) is 0 Å². The molecule has 0 amide bonds. The third-order valence-electron chi connectivity index (χ3n) is 5.97. The fourth-order valence-electron chi connectivity index (χ4n) is 4.31. The number of pyridine rings is 1. The van der Waals surface area contributed by atoms with Crippen molar-refractivity contribution in [3.05, 3.63) is 54.2 Å². The summed E-state index contributed by atoms with van der Waals surface area (Å²) in [5.74, 6) is 1.22. The topological polar surface area (TPSA) is 65.2 Å². The molecule has 0 atom stereocenters. The highest BCUT2D eigenvalue weighted by Crippen LogP contribution is 2.34. The summed E-state index contributed by atoms with van der Waals surface area (Å²) in [5.41, 5.74) is 3.69. The zero-order valence-corrected chi connectivity index (χ0v) is 16.5. The van der Waals surface area contributed by atoms with E-state index in [1.807, 2.05) is 22.6 Å². The van der Waals surface area contributed by atoms with Gasteiger partial charge in [-0.25, -0.2) is 8.78 Å². The van der Waals surface area contributed by atoms with Gasteiger partial charge >= 0.3 is 0 Å². The van der Waals surface area contributed by atoms with Gasteiger partial charge in [0.05, 0.1) is 23.3 Å². The van der Waals surface area contributed by atoms with E-state index in [4.69, 9.17) is 4.74 Å². The quantitative estimate of drug-likeness (QED) is 0.477. The van der Waals surface area contributed by atoms with Crippen molar-refractivity contribution in [2.75, 3.05) is 7.11 Å². The van der Waals surface area contributed by atoms with Crippen molar-refractivity contribution >= 4 is 16.7 Å². The Kier molecular flexibility index (Phi) is 4.86. The van der Waals surface area contributed by atoms with Crippen LogP contribution in [0.25, 0.3) is 27.8 Å². The molecule has 1 fully saturated rings. The molecule has 0 unspecified atom stereocenters. The summed E-state index contributed by atoms with van der Waals surface area (Å²) in [7, 11) is 1.76. The Morgan fingerprint density at radius 1 is 1.00 bits per heavy atom. The molecule has 1 aliphatic rings. The van der Waals surface area contributed by atoms with Gasteiger partial charge in [0.15, 0.2) is 5.65 Å². The lowest BCUT2D eigenvalue weighted by Crippen LogP contribution is -2.20. The maximum absolute atomic E-state index is 13.1. The van der Waals surface area contributed by atoms with E-state index in [-0.39, 0.29) is 5.56 Å². The zero-order chi connectivity index (χ0) is 20.7. The third-order valence-corrected chi connectivity index (χ3v) is 5.97. The molecular formula is C22H21F2N5O. The number of nitrogens with zero attached hydrogens (tertiary/aromatic N) is 5. The summed E-state index contributed by atoms with van der Waals surface area (Å²) >= 11 is 0. The summed E-state index contributed by atoms with van der Waals surface area (Å²) in [6.07, 6.45) is 6.23. The number of rotatable bonds is 4. The number of methoxy groups -OCH3 is 1. The molecule has 0 saturated heterocycles. The normalized spacial score (nSPS) is 19.7. The van der Waals surface area contributed by atoms with Crippen LogP contribution in [0, 0.1) is 0 Å². The van der Waals surface area contributed by atoms with E-state index in [1.54, 1.807) is 19.5 Å². The standard InChI is InChI=1S/C22H21F2N5O/c1-30-17-5-2-13(3-6-17)22-28-27-20-12-26-18-7-4-14(9-19(18)29(20)22)15-8-16(21(23)24)11-25-10-15/h4,7-13,17,21H,2-3,5-6H2,1H3. The van der Waals surface area contributed by atoms with Gasteiger partial charge in [-0.3, -0.25) is 14.4 Å². The van der Waals surface area contributed by atoms with Crippen LogP contribution >= 0.6 is 0 Å². The molecule has 1 saturated carbocycles. The molecule has 0 aliphatic heterocycles. The minimum atomic E-state index is -2.56. The number of alkyl halides is 2. The Hall–Kier alpha value is -3.00. The number of halogens is 2. The summed E-state index contributed by atoms with van der Waals surface area (Å²) in [6, 6.07) is 7.20. The Balaban J connectivity index is 1.61. The molecule has 6 nitrogen and oxygen atoms in total. The summed E-state index contributed by atoms with van der Waals surface area (Å²) in [4.78, 5) is 8.48. The first-order valence-electron chi connectivity index (χ1n) is 10.0. The number of benzene rings is 1. The SMILES string of the molecule is COC1CCC(c2nnc3cnc4ccc(-c5cncc(C(F)F)c5)cc4n23)CC1. The van der Waals surface area contributed by atoms with Gasteiger partial charge in [0, 0.05) is 36.5 Å². The fraction of sp³-hybridized carbons (Fsp3) is 0.364. The molecule has 5 rings (SSSR count). The second-order valence-corrected chi connectivity index (χ2v) is 7.73. The van der Waals surface area contributed by atoms with E-state index >= 15 is 0 Å². The minimum absolute atomic E-state index is 0.0937. The minimum Gasteiger partial charge on any atom is -0.381 e. The number of hydrogen-bond donors (Lipinski definition) is 0. The van der Waals surface area contributed by atoms with Crippen molar-refractivity contribution in [2.45, 2.75) is 44.1 Å². The van der Waals surface area contributed by atoms with E-state index in [1.165, 1.54) is 12.3 Å². The highest BCUT2D eigenvalue weighted by molar-refractivity contribution is 5.83. The van der Waals surface area contributed by atoms with Gasteiger partial charge in [0.1, 0.15) is 5.82 Å². The number of aromatic nitrogens is 5. The van der Waals surface area contributed by atoms with Crippen LogP contribution in [0.2, 0.25) is 0 Å². The second kappa shape index (κ2) is 7.68. The van der Waals surface area contributed by atoms with Gasteiger partial charge in [-0.05, 0) is 49.4 Å². The molecule has 1 aromatic carbocycles. The van der Waals surface area contributed by atoms with Crippen molar-refractivity contribution in [3.8, 4) is 11.1 Å². The molecule has 3 heterocycles. The largest absolute Gasteiger partial charge is 0.381 e. The van der Waals surface area contributed by atoms with E-state index in [0.717, 1.165) is 48.1 Å². The summed E-state index contributed by atoms with van der Waals surface area (Å²) in [6.45, 7) is 0. The average molecular weight is 409 g/mol. The molecule has 1 aliphatic carbocycles. The van der Waals surface area contributed by atoms with Crippen LogP contribution in [-0.4, -0.2) is 37.8 Å². The van der Waals surface area contributed by atoms with Gasteiger partial charge < -0.3 is 4.74 Å². The van der Waals surface area contributed by atoms with E-state index in [9.17, 15) is 8.78 Å². The molecular weight excluding hydrogens is 388 g/mol. The predicted molar refractivity (Wildman–Crippen MR) is 108 cm³/mol. The lowest BCUT2D eigenvalue weighted by Gasteiger charge is -2.26. The smallest absolute Gasteiger partial charge is 0.265 e. The van der Waals surface area contributed by atoms with E-state index < -0.39 is 6.43 Å². The van der Waals surface area contributed by atoms with Gasteiger partial charge in [0.2, 0.25) is 0 Å². The van der Waals surface area contributed by atoms with Crippen molar-refractivity contribution in [2.24, 2.45) is 0 Å². The molecule has 0 spiro atoms. The lowest BCUT2D eigenvalue weighted by molar-refractivity contribution is 0.0650. The summed E-state index contributed by atoms with van der Waals surface area (Å²) in [5, 5.41) is 8.81. The second-order valence-electron chi connectivity index (χ2n) is 7.73. The summed E-state index contributed by atoms with van der Waals surface area (Å²) < 4.78 is 33.8. The van der Waals surface area contributed by atoms with Crippen LogP contribution in [0.3, 0.4) is 0 Å². The molecule has 154 valence electrons. The number of fused-ring (bicyclic) bond motifs is 3. The molecule has 3 aromatic heterocycles. The van der Waals surface area contributed by atoms with Crippen LogP contribution in [0.5, 0.6) is 0 Å². The van der Waals surface area contributed by atoms with E-state index in [0.29, 0.717) is 23.2 Å². The lowest BCUT2D eigenvalue weighted by atomic mass is 9.87. The maximum atomic E-state index is 13.1. The fourth-order valence-corrected chi connectivity index (χ4v) is 4.31. The van der Waals surface area contributed by atoms with Gasteiger partial charge in [0.25, 0.3) is 6.43 Å². The average Bonchev–Trinajstić information content (AvgIpc) is 3.23. The molecule has 4 aromatic rings. The molecule has 8 heteroatoms. The first-order valence-corrected chi connectivity index (χ1v) is 10.0. The third kappa shape index (κ3) is 3.31. The maximum Gasteiger partial charge on any atom is 0.265 e. The monoisotopic (exact) mass is 409 g/mol. The molecule has 0 bridgehead atoms. The highest BCUT2D eigenvalue weighted by atomic mass is 19.3. The van der Waals surface area contributed by atoms with Gasteiger partial charge in [-0.2, -0.15) is 0 Å². The predicted octanol–water partition coefficient (Wildman–Crippen LogP) is 4.95. The Bertz CT molecular complexity index is 1200. The van der Waals surface area contributed by atoms with Crippen LogP contribution in [-0.2, 0) is 4.74 Å². The molecule has 0 radical (unpaired) electrons. The van der Waals surface area contributed by atoms with Crippen molar-refractivity contribution in [1.82, 2.24) is 24.6 Å². The Morgan fingerprint density at radius 3 is 2.60 bits per heavy atom. The van der Waals surface area contributed by atoms with Crippen molar-refractivity contribution in [3.63, 3.8) is 0 Å². The van der Waals surface area contributed by atoms with Gasteiger partial charge in [-0.1, -0.05) is 6.07 Å². The Labute approximate surface area is 171 Å². The zero-order valence-electron chi connectivity index (χ0n) is 16.5. The number of ether oxygens (including phenoxy) is 1.